The van der Waals surface area contributed by atoms with Crippen molar-refractivity contribution in [3.63, 3.8) is 0 Å². The van der Waals surface area contributed by atoms with Gasteiger partial charge < -0.3 is 19.5 Å². The lowest BCUT2D eigenvalue weighted by atomic mass is 10.1. The average molecular weight is 450 g/mol. The topological polar surface area (TPSA) is 65.5 Å². The van der Waals surface area contributed by atoms with Gasteiger partial charge >= 0.3 is 0 Å². The van der Waals surface area contributed by atoms with E-state index in [2.05, 4.69) is 53.4 Å². The Hall–Kier alpha value is -3.32. The Bertz CT molecular complexity index is 1270. The second-order valence-electron chi connectivity index (χ2n) is 7.59. The summed E-state index contributed by atoms with van der Waals surface area (Å²) in [6, 6.07) is 14.4. The van der Waals surface area contributed by atoms with Crippen molar-refractivity contribution in [2.24, 2.45) is 0 Å². The molecule has 0 amide bonds. The second-order valence-corrected chi connectivity index (χ2v) is 8.71. The molecule has 1 unspecified atom stereocenters. The molecule has 4 aromatic rings. The molecule has 166 valence electrons. The molecule has 2 aromatic heterocycles. The molecule has 2 aromatic carbocycles. The summed E-state index contributed by atoms with van der Waals surface area (Å²) in [6.45, 7) is 6.14. The van der Waals surface area contributed by atoms with E-state index in [0.29, 0.717) is 17.3 Å². The summed E-state index contributed by atoms with van der Waals surface area (Å²) in [4.78, 5) is 11.7. The van der Waals surface area contributed by atoms with E-state index >= 15 is 0 Å². The fourth-order valence-corrected chi connectivity index (χ4v) is 4.83. The summed E-state index contributed by atoms with van der Waals surface area (Å²) >= 11 is 1.77. The van der Waals surface area contributed by atoms with Crippen LogP contribution in [0.5, 0.6) is 17.2 Å². The molecule has 0 radical (unpaired) electrons. The first-order valence-electron chi connectivity index (χ1n) is 10.3. The van der Waals surface area contributed by atoms with Crippen molar-refractivity contribution in [2.75, 3.05) is 26.6 Å². The average Bonchev–Trinajstić information content (AvgIpc) is 3.28. The Labute approximate surface area is 192 Å². The molecule has 0 aliphatic carbocycles. The van der Waals surface area contributed by atoms with Crippen LogP contribution >= 0.6 is 11.3 Å². The normalized spacial score (nSPS) is 11.9. The maximum atomic E-state index is 5.48. The van der Waals surface area contributed by atoms with Gasteiger partial charge in [-0.25, -0.2) is 9.97 Å². The molecule has 32 heavy (non-hydrogen) atoms. The Balaban J connectivity index is 1.65. The lowest BCUT2D eigenvalue weighted by Crippen LogP contribution is -2.08. The predicted octanol–water partition coefficient (Wildman–Crippen LogP) is 6.17. The molecular formula is C25H27N3O3S. The van der Waals surface area contributed by atoms with Crippen LogP contribution in [-0.2, 0) is 0 Å². The number of aromatic nitrogens is 2. The van der Waals surface area contributed by atoms with Crippen LogP contribution in [-0.4, -0.2) is 31.3 Å². The number of hydrogen-bond donors (Lipinski definition) is 1. The molecule has 4 rings (SSSR count). The number of hydrogen-bond acceptors (Lipinski definition) is 7. The number of fused-ring (bicyclic) bond motifs is 1. The molecule has 1 atom stereocenters. The van der Waals surface area contributed by atoms with Crippen molar-refractivity contribution in [1.29, 1.82) is 0 Å². The summed E-state index contributed by atoms with van der Waals surface area (Å²) in [6.07, 6.45) is 0. The molecule has 0 fully saturated rings. The van der Waals surface area contributed by atoms with E-state index in [1.165, 1.54) is 20.9 Å². The fourth-order valence-electron chi connectivity index (χ4n) is 3.73. The van der Waals surface area contributed by atoms with Crippen LogP contribution in [0.3, 0.4) is 0 Å². The standard InChI is InChI=1S/C25H27N3O3S/c1-14-11-17(29-4)7-8-18(14)24-10-9-23(32-24)15(2)26-25-19-12-21(30-5)22(31-6)13-20(19)27-16(3)28-25/h7-13,15H,1-6H3,(H,26,27,28). The number of benzene rings is 2. The van der Waals surface area contributed by atoms with Crippen molar-refractivity contribution < 1.29 is 14.2 Å². The first-order chi connectivity index (χ1) is 15.4. The molecule has 0 saturated heterocycles. The highest BCUT2D eigenvalue weighted by molar-refractivity contribution is 7.15. The highest BCUT2D eigenvalue weighted by atomic mass is 32.1. The number of anilines is 1. The smallest absolute Gasteiger partial charge is 0.162 e. The molecule has 0 spiro atoms. The zero-order valence-electron chi connectivity index (χ0n) is 19.1. The van der Waals surface area contributed by atoms with E-state index in [1.54, 1.807) is 32.7 Å². The van der Waals surface area contributed by atoms with E-state index in [0.717, 1.165) is 22.5 Å². The van der Waals surface area contributed by atoms with Gasteiger partial charge in [0.2, 0.25) is 0 Å². The van der Waals surface area contributed by atoms with Gasteiger partial charge in [-0.3, -0.25) is 0 Å². The number of rotatable bonds is 7. The zero-order chi connectivity index (χ0) is 22.8. The van der Waals surface area contributed by atoms with Crippen LogP contribution in [0.1, 0.15) is 29.2 Å². The van der Waals surface area contributed by atoms with Gasteiger partial charge in [0.15, 0.2) is 11.5 Å². The number of methoxy groups -OCH3 is 3. The van der Waals surface area contributed by atoms with E-state index in [-0.39, 0.29) is 6.04 Å². The van der Waals surface area contributed by atoms with Gasteiger partial charge in [-0.2, -0.15) is 0 Å². The maximum absolute atomic E-state index is 5.48. The van der Waals surface area contributed by atoms with Crippen LogP contribution < -0.4 is 19.5 Å². The quantitative estimate of drug-likeness (QED) is 0.364. The summed E-state index contributed by atoms with van der Waals surface area (Å²) < 4.78 is 16.3. The minimum Gasteiger partial charge on any atom is -0.497 e. The highest BCUT2D eigenvalue weighted by Gasteiger charge is 2.16. The number of aryl methyl sites for hydroxylation is 2. The van der Waals surface area contributed by atoms with Gasteiger partial charge in [0.05, 0.1) is 32.9 Å². The third-order valence-corrected chi connectivity index (χ3v) is 6.72. The Morgan fingerprint density at radius 2 is 1.62 bits per heavy atom. The van der Waals surface area contributed by atoms with Gasteiger partial charge in [0, 0.05) is 21.2 Å². The first kappa shape index (κ1) is 21.9. The monoisotopic (exact) mass is 449 g/mol. The van der Waals surface area contributed by atoms with Crippen LogP contribution in [0.25, 0.3) is 21.3 Å². The van der Waals surface area contributed by atoms with Crippen molar-refractivity contribution >= 4 is 28.1 Å². The lowest BCUT2D eigenvalue weighted by Gasteiger charge is -2.16. The van der Waals surface area contributed by atoms with Crippen molar-refractivity contribution in [2.45, 2.75) is 26.8 Å². The number of ether oxygens (including phenoxy) is 3. The fraction of sp³-hybridized carbons (Fsp3) is 0.280. The number of thiophene rings is 1. The molecule has 6 nitrogen and oxygen atoms in total. The van der Waals surface area contributed by atoms with Crippen molar-refractivity contribution in [1.82, 2.24) is 9.97 Å². The third-order valence-electron chi connectivity index (χ3n) is 5.42. The number of nitrogens with zero attached hydrogens (tertiary/aromatic N) is 2. The maximum Gasteiger partial charge on any atom is 0.162 e. The van der Waals surface area contributed by atoms with Gasteiger partial charge in [0.1, 0.15) is 17.4 Å². The molecule has 2 heterocycles. The minimum atomic E-state index is 0.0675. The third kappa shape index (κ3) is 4.21. The van der Waals surface area contributed by atoms with Crippen molar-refractivity contribution in [3.05, 3.63) is 58.7 Å². The second kappa shape index (κ2) is 9.04. The Morgan fingerprint density at radius 3 is 2.31 bits per heavy atom. The summed E-state index contributed by atoms with van der Waals surface area (Å²) in [7, 11) is 4.94. The Morgan fingerprint density at radius 1 is 0.875 bits per heavy atom. The number of nitrogens with one attached hydrogen (secondary N) is 1. The minimum absolute atomic E-state index is 0.0675. The van der Waals surface area contributed by atoms with E-state index in [1.807, 2.05) is 25.1 Å². The molecule has 0 bridgehead atoms. The molecule has 0 aliphatic rings. The molecule has 0 aliphatic heterocycles. The Kier molecular flexibility index (Phi) is 6.19. The highest BCUT2D eigenvalue weighted by Crippen LogP contribution is 2.38. The summed E-state index contributed by atoms with van der Waals surface area (Å²) in [5.41, 5.74) is 3.22. The van der Waals surface area contributed by atoms with E-state index < -0.39 is 0 Å². The van der Waals surface area contributed by atoms with Gasteiger partial charge in [-0.1, -0.05) is 0 Å². The summed E-state index contributed by atoms with van der Waals surface area (Å²) in [5, 5.41) is 4.46. The SMILES string of the molecule is COc1ccc(-c2ccc(C(C)Nc3nc(C)nc4cc(OC)c(OC)cc34)s2)c(C)c1. The molecule has 0 saturated carbocycles. The zero-order valence-corrected chi connectivity index (χ0v) is 20.0. The van der Waals surface area contributed by atoms with Gasteiger partial charge in [-0.05, 0) is 68.3 Å². The van der Waals surface area contributed by atoms with E-state index in [4.69, 9.17) is 14.2 Å². The summed E-state index contributed by atoms with van der Waals surface area (Å²) in [5.74, 6) is 3.64. The van der Waals surface area contributed by atoms with E-state index in [9.17, 15) is 0 Å². The predicted molar refractivity (Wildman–Crippen MR) is 130 cm³/mol. The first-order valence-corrected chi connectivity index (χ1v) is 11.2. The molecule has 1 N–H and O–H groups in total. The van der Waals surface area contributed by atoms with Crippen LogP contribution in [0.2, 0.25) is 0 Å². The largest absolute Gasteiger partial charge is 0.497 e. The molecular weight excluding hydrogens is 422 g/mol. The van der Waals surface area contributed by atoms with Crippen molar-refractivity contribution in [3.8, 4) is 27.7 Å². The van der Waals surface area contributed by atoms with Crippen LogP contribution in [0, 0.1) is 13.8 Å². The molecule has 7 heteroatoms. The van der Waals surface area contributed by atoms with Crippen LogP contribution in [0.15, 0.2) is 42.5 Å². The van der Waals surface area contributed by atoms with Gasteiger partial charge in [0.25, 0.3) is 0 Å². The van der Waals surface area contributed by atoms with Gasteiger partial charge in [-0.15, -0.1) is 11.3 Å². The lowest BCUT2D eigenvalue weighted by molar-refractivity contribution is 0.356. The van der Waals surface area contributed by atoms with Crippen LogP contribution in [0.4, 0.5) is 5.82 Å².